The first kappa shape index (κ1) is 16.1. The summed E-state index contributed by atoms with van der Waals surface area (Å²) in [6.45, 7) is 6.68. The number of aryl methyl sites for hydroxylation is 1. The van der Waals surface area contributed by atoms with Gasteiger partial charge in [-0.05, 0) is 71.7 Å². The van der Waals surface area contributed by atoms with Gasteiger partial charge in [0, 0.05) is 6.54 Å². The lowest BCUT2D eigenvalue weighted by atomic mass is 9.90. The molecule has 25 heavy (non-hydrogen) atoms. The molecule has 1 heterocycles. The summed E-state index contributed by atoms with van der Waals surface area (Å²) in [5.41, 5.74) is 9.44. The second-order valence-corrected chi connectivity index (χ2v) is 7.10. The highest BCUT2D eigenvalue weighted by molar-refractivity contribution is 5.79. The molecule has 3 aromatic carbocycles. The van der Waals surface area contributed by atoms with Gasteiger partial charge in [0.05, 0.1) is 0 Å². The molecule has 1 nitrogen and oxygen atoms in total. The molecule has 4 rings (SSSR count). The molecule has 1 unspecified atom stereocenters. The molecule has 0 aliphatic carbocycles. The largest absolute Gasteiger partial charge is 0.316 e. The maximum atomic E-state index is 3.46. The maximum Gasteiger partial charge on any atom is 0.00206 e. The van der Waals surface area contributed by atoms with E-state index in [9.17, 15) is 0 Å². The van der Waals surface area contributed by atoms with Crippen LogP contribution in [0.4, 0.5) is 0 Å². The van der Waals surface area contributed by atoms with Crippen LogP contribution in [0.15, 0.2) is 66.7 Å². The van der Waals surface area contributed by atoms with Gasteiger partial charge < -0.3 is 5.32 Å². The summed E-state index contributed by atoms with van der Waals surface area (Å²) in [6.07, 6.45) is 1.25. The second-order valence-electron chi connectivity index (χ2n) is 7.10. The Kier molecular flexibility index (Phi) is 4.42. The molecular formula is C24H25N. The fraction of sp³-hybridized carbons (Fsp3) is 0.250. The number of hydrogen-bond donors (Lipinski definition) is 1. The van der Waals surface area contributed by atoms with Crippen molar-refractivity contribution in [3.63, 3.8) is 0 Å². The van der Waals surface area contributed by atoms with Gasteiger partial charge in [0.2, 0.25) is 0 Å². The highest BCUT2D eigenvalue weighted by Crippen LogP contribution is 2.34. The van der Waals surface area contributed by atoms with Crippen LogP contribution >= 0.6 is 0 Å². The number of rotatable bonds is 3. The van der Waals surface area contributed by atoms with Gasteiger partial charge in [0.1, 0.15) is 0 Å². The normalized spacial score (nSPS) is 17.0. The first-order valence-electron chi connectivity index (χ1n) is 9.21. The lowest BCUT2D eigenvalue weighted by Crippen LogP contribution is -2.07. The molecule has 0 radical (unpaired) electrons. The summed E-state index contributed by atoms with van der Waals surface area (Å²) >= 11 is 0. The Morgan fingerprint density at radius 1 is 0.760 bits per heavy atom. The highest BCUT2D eigenvalue weighted by atomic mass is 14.9. The summed E-state index contributed by atoms with van der Waals surface area (Å²) < 4.78 is 0. The van der Waals surface area contributed by atoms with E-state index in [1.54, 1.807) is 0 Å². The third-order valence-electron chi connectivity index (χ3n) is 5.52. The number of nitrogens with one attached hydrogen (secondary N) is 1. The minimum atomic E-state index is 0.674. The molecule has 1 fully saturated rings. The van der Waals surface area contributed by atoms with E-state index in [1.807, 2.05) is 0 Å². The topological polar surface area (TPSA) is 12.0 Å². The van der Waals surface area contributed by atoms with Gasteiger partial charge in [-0.25, -0.2) is 0 Å². The molecule has 1 aliphatic rings. The zero-order chi connectivity index (χ0) is 17.2. The molecular weight excluding hydrogens is 302 g/mol. The van der Waals surface area contributed by atoms with Crippen molar-refractivity contribution in [2.75, 3.05) is 13.1 Å². The Bertz CT molecular complexity index is 871. The van der Waals surface area contributed by atoms with E-state index in [-0.39, 0.29) is 0 Å². The van der Waals surface area contributed by atoms with Gasteiger partial charge in [-0.2, -0.15) is 0 Å². The van der Waals surface area contributed by atoms with Gasteiger partial charge in [-0.3, -0.25) is 0 Å². The van der Waals surface area contributed by atoms with Crippen LogP contribution in [-0.4, -0.2) is 13.1 Å². The Morgan fingerprint density at radius 2 is 1.48 bits per heavy atom. The van der Waals surface area contributed by atoms with Crippen molar-refractivity contribution in [2.45, 2.75) is 26.2 Å². The molecule has 0 saturated carbocycles. The minimum Gasteiger partial charge on any atom is -0.316 e. The van der Waals surface area contributed by atoms with Gasteiger partial charge in [-0.15, -0.1) is 0 Å². The van der Waals surface area contributed by atoms with Crippen molar-refractivity contribution in [3.8, 4) is 22.3 Å². The van der Waals surface area contributed by atoms with Crippen LogP contribution in [0.5, 0.6) is 0 Å². The Morgan fingerprint density at radius 3 is 2.20 bits per heavy atom. The zero-order valence-electron chi connectivity index (χ0n) is 15.0. The lowest BCUT2D eigenvalue weighted by Gasteiger charge is -2.15. The van der Waals surface area contributed by atoms with E-state index >= 15 is 0 Å². The van der Waals surface area contributed by atoms with Crippen molar-refractivity contribution in [3.05, 3.63) is 83.4 Å². The van der Waals surface area contributed by atoms with Crippen molar-refractivity contribution >= 4 is 0 Å². The van der Waals surface area contributed by atoms with Crippen molar-refractivity contribution < 1.29 is 0 Å². The van der Waals surface area contributed by atoms with Crippen LogP contribution in [0.2, 0.25) is 0 Å². The van der Waals surface area contributed by atoms with Crippen LogP contribution in [0.1, 0.15) is 29.0 Å². The smallest absolute Gasteiger partial charge is 0.00206 e. The Balaban J connectivity index is 1.71. The van der Waals surface area contributed by atoms with Gasteiger partial charge in [-0.1, -0.05) is 66.7 Å². The van der Waals surface area contributed by atoms with E-state index in [2.05, 4.69) is 85.9 Å². The van der Waals surface area contributed by atoms with Crippen molar-refractivity contribution in [1.29, 1.82) is 0 Å². The summed E-state index contributed by atoms with van der Waals surface area (Å²) in [5.74, 6) is 0.674. The third kappa shape index (κ3) is 3.12. The summed E-state index contributed by atoms with van der Waals surface area (Å²) in [7, 11) is 0. The standard InChI is InChI=1S/C24H25N/c1-17-6-3-4-7-22(17)24-9-5-8-23(18(24)2)20-12-10-19(11-13-20)21-14-15-25-16-21/h3-13,21,25H,14-16H2,1-2H3. The van der Waals surface area contributed by atoms with E-state index in [1.165, 1.54) is 45.4 Å². The first-order chi connectivity index (χ1) is 12.2. The number of benzene rings is 3. The quantitative estimate of drug-likeness (QED) is 0.649. The van der Waals surface area contributed by atoms with Gasteiger partial charge >= 0.3 is 0 Å². The minimum absolute atomic E-state index is 0.674. The fourth-order valence-corrected chi connectivity index (χ4v) is 3.99. The SMILES string of the molecule is Cc1ccccc1-c1cccc(-c2ccc(C3CCNC3)cc2)c1C. The summed E-state index contributed by atoms with van der Waals surface area (Å²) in [5, 5.41) is 3.46. The van der Waals surface area contributed by atoms with Crippen LogP contribution in [-0.2, 0) is 0 Å². The predicted molar refractivity (Wildman–Crippen MR) is 107 cm³/mol. The second kappa shape index (κ2) is 6.85. The number of hydrogen-bond acceptors (Lipinski definition) is 1. The van der Waals surface area contributed by atoms with E-state index < -0.39 is 0 Å². The molecule has 1 atom stereocenters. The van der Waals surface area contributed by atoms with Crippen LogP contribution < -0.4 is 5.32 Å². The molecule has 3 aromatic rings. The zero-order valence-corrected chi connectivity index (χ0v) is 15.0. The molecule has 0 spiro atoms. The molecule has 1 aliphatic heterocycles. The average Bonchev–Trinajstić information content (AvgIpc) is 3.18. The average molecular weight is 327 g/mol. The maximum absolute atomic E-state index is 3.46. The predicted octanol–water partition coefficient (Wildman–Crippen LogP) is 5.71. The van der Waals surface area contributed by atoms with Crippen molar-refractivity contribution in [1.82, 2.24) is 5.32 Å². The molecule has 1 N–H and O–H groups in total. The van der Waals surface area contributed by atoms with Gasteiger partial charge in [0.15, 0.2) is 0 Å². The molecule has 0 amide bonds. The van der Waals surface area contributed by atoms with Gasteiger partial charge in [0.25, 0.3) is 0 Å². The van der Waals surface area contributed by atoms with Crippen LogP contribution in [0, 0.1) is 13.8 Å². The third-order valence-corrected chi connectivity index (χ3v) is 5.52. The van der Waals surface area contributed by atoms with Crippen LogP contribution in [0.25, 0.3) is 22.3 Å². The van der Waals surface area contributed by atoms with Crippen LogP contribution in [0.3, 0.4) is 0 Å². The molecule has 126 valence electrons. The molecule has 0 bridgehead atoms. The monoisotopic (exact) mass is 327 g/mol. The summed E-state index contributed by atoms with van der Waals surface area (Å²) in [6, 6.07) is 24.5. The lowest BCUT2D eigenvalue weighted by molar-refractivity contribution is 0.763. The van der Waals surface area contributed by atoms with E-state index in [4.69, 9.17) is 0 Å². The Hall–Kier alpha value is -2.38. The molecule has 1 heteroatoms. The fourth-order valence-electron chi connectivity index (χ4n) is 3.99. The van der Waals surface area contributed by atoms with Crippen molar-refractivity contribution in [2.24, 2.45) is 0 Å². The first-order valence-corrected chi connectivity index (χ1v) is 9.21. The highest BCUT2D eigenvalue weighted by Gasteiger charge is 2.16. The van der Waals surface area contributed by atoms with E-state index in [0.29, 0.717) is 5.92 Å². The van der Waals surface area contributed by atoms with E-state index in [0.717, 1.165) is 13.1 Å². The summed E-state index contributed by atoms with van der Waals surface area (Å²) in [4.78, 5) is 0. The molecule has 0 aromatic heterocycles. The molecule has 1 saturated heterocycles. The Labute approximate surface area is 150 Å².